The second kappa shape index (κ2) is 6.02. The first-order valence-electron chi connectivity index (χ1n) is 7.40. The van der Waals surface area contributed by atoms with E-state index in [9.17, 15) is 9.59 Å². The Bertz CT molecular complexity index is 596. The van der Waals surface area contributed by atoms with Gasteiger partial charge in [-0.25, -0.2) is 0 Å². The third-order valence-electron chi connectivity index (χ3n) is 4.55. The van der Waals surface area contributed by atoms with Gasteiger partial charge in [-0.15, -0.1) is 0 Å². The molecule has 0 aromatic heterocycles. The number of halogens is 1. The van der Waals surface area contributed by atoms with Crippen molar-refractivity contribution in [3.05, 3.63) is 47.0 Å². The fourth-order valence-corrected chi connectivity index (χ4v) is 3.79. The lowest BCUT2D eigenvalue weighted by molar-refractivity contribution is -0.137. The summed E-state index contributed by atoms with van der Waals surface area (Å²) >= 11 is 6.28. The number of hydrogen-bond donors (Lipinski definition) is 1. The molecule has 21 heavy (non-hydrogen) atoms. The lowest BCUT2D eigenvalue weighted by atomic mass is 9.70. The molecule has 0 bridgehead atoms. The van der Waals surface area contributed by atoms with Crippen molar-refractivity contribution in [3.63, 3.8) is 0 Å². The summed E-state index contributed by atoms with van der Waals surface area (Å²) in [4.78, 5) is 24.2. The highest BCUT2D eigenvalue weighted by Gasteiger charge is 2.41. The fourth-order valence-electron chi connectivity index (χ4n) is 3.54. The van der Waals surface area contributed by atoms with Crippen molar-refractivity contribution in [2.45, 2.75) is 31.6 Å². The van der Waals surface area contributed by atoms with Crippen LogP contribution in [-0.4, -0.2) is 11.8 Å². The molecule has 3 unspecified atom stereocenters. The highest BCUT2D eigenvalue weighted by Crippen LogP contribution is 2.42. The molecular formula is C17H18ClNO2. The van der Waals surface area contributed by atoms with E-state index in [1.54, 1.807) is 6.07 Å². The van der Waals surface area contributed by atoms with Gasteiger partial charge in [0.2, 0.25) is 11.8 Å². The number of carbonyl (C=O) groups is 2. The lowest BCUT2D eigenvalue weighted by Gasteiger charge is -2.37. The molecule has 3 nitrogen and oxygen atoms in total. The van der Waals surface area contributed by atoms with Crippen LogP contribution in [0.25, 0.3) is 0 Å². The lowest BCUT2D eigenvalue weighted by Crippen LogP contribution is -2.46. The van der Waals surface area contributed by atoms with Gasteiger partial charge in [0.15, 0.2) is 0 Å². The van der Waals surface area contributed by atoms with Crippen LogP contribution in [0.1, 0.15) is 37.2 Å². The van der Waals surface area contributed by atoms with Crippen LogP contribution in [0.15, 0.2) is 36.4 Å². The fraction of sp³-hybridized carbons (Fsp3) is 0.412. The van der Waals surface area contributed by atoms with Crippen LogP contribution >= 0.6 is 11.6 Å². The van der Waals surface area contributed by atoms with Gasteiger partial charge in [0.05, 0.1) is 5.92 Å². The standard InChI is InChI=1S/C17H18ClNO2/c18-14-9-5-4-8-12(14)16-13(10-15(20)19-17(16)21)11-6-2-1-3-7-11/h1-2,4-5,8-9,11,13,16H,3,6-7,10H2,(H,19,20,21). The molecule has 1 fully saturated rings. The molecule has 2 amide bonds. The maximum absolute atomic E-state index is 12.4. The third-order valence-corrected chi connectivity index (χ3v) is 4.89. The molecule has 0 radical (unpaired) electrons. The number of amides is 2. The molecular weight excluding hydrogens is 286 g/mol. The van der Waals surface area contributed by atoms with E-state index in [4.69, 9.17) is 11.6 Å². The highest BCUT2D eigenvalue weighted by atomic mass is 35.5. The average molecular weight is 304 g/mol. The van der Waals surface area contributed by atoms with E-state index in [1.807, 2.05) is 18.2 Å². The van der Waals surface area contributed by atoms with E-state index in [0.29, 0.717) is 17.4 Å². The molecule has 0 spiro atoms. The predicted octanol–water partition coefficient (Wildman–Crippen LogP) is 3.44. The number of benzene rings is 1. The number of nitrogens with one attached hydrogen (secondary N) is 1. The van der Waals surface area contributed by atoms with Crippen LogP contribution < -0.4 is 5.32 Å². The van der Waals surface area contributed by atoms with Gasteiger partial charge in [-0.05, 0) is 42.7 Å². The van der Waals surface area contributed by atoms with Crippen LogP contribution in [0.2, 0.25) is 5.02 Å². The molecule has 1 aromatic rings. The Labute approximate surface area is 129 Å². The van der Waals surface area contributed by atoms with Crippen LogP contribution in [0.3, 0.4) is 0 Å². The highest BCUT2D eigenvalue weighted by molar-refractivity contribution is 6.31. The van der Waals surface area contributed by atoms with Gasteiger partial charge in [0, 0.05) is 11.4 Å². The van der Waals surface area contributed by atoms with Crippen molar-refractivity contribution < 1.29 is 9.59 Å². The van der Waals surface area contributed by atoms with E-state index in [2.05, 4.69) is 17.5 Å². The van der Waals surface area contributed by atoms with Crippen molar-refractivity contribution in [3.8, 4) is 0 Å². The Morgan fingerprint density at radius 2 is 1.95 bits per heavy atom. The first-order chi connectivity index (χ1) is 10.2. The molecule has 1 saturated heterocycles. The van der Waals surface area contributed by atoms with Gasteiger partial charge in [-0.2, -0.15) is 0 Å². The maximum Gasteiger partial charge on any atom is 0.234 e. The Hall–Kier alpha value is -1.61. The molecule has 1 N–H and O–H groups in total. The number of hydrogen-bond acceptors (Lipinski definition) is 2. The number of allylic oxidation sites excluding steroid dienone is 2. The largest absolute Gasteiger partial charge is 0.296 e. The van der Waals surface area contributed by atoms with E-state index in [0.717, 1.165) is 24.8 Å². The van der Waals surface area contributed by atoms with E-state index in [1.165, 1.54) is 0 Å². The Morgan fingerprint density at radius 1 is 1.14 bits per heavy atom. The molecule has 110 valence electrons. The molecule has 4 heteroatoms. The summed E-state index contributed by atoms with van der Waals surface area (Å²) in [5.74, 6) is -0.294. The summed E-state index contributed by atoms with van der Waals surface area (Å²) in [6.45, 7) is 0. The van der Waals surface area contributed by atoms with Gasteiger partial charge < -0.3 is 0 Å². The van der Waals surface area contributed by atoms with Crippen molar-refractivity contribution >= 4 is 23.4 Å². The Balaban J connectivity index is 1.97. The minimum Gasteiger partial charge on any atom is -0.296 e. The van der Waals surface area contributed by atoms with Gasteiger partial charge >= 0.3 is 0 Å². The first kappa shape index (κ1) is 14.3. The van der Waals surface area contributed by atoms with Gasteiger partial charge in [-0.1, -0.05) is 42.0 Å². The van der Waals surface area contributed by atoms with Crippen molar-refractivity contribution in [2.24, 2.45) is 11.8 Å². The topological polar surface area (TPSA) is 46.2 Å². The van der Waals surface area contributed by atoms with Gasteiger partial charge in [0.1, 0.15) is 0 Å². The summed E-state index contributed by atoms with van der Waals surface area (Å²) in [5, 5.41) is 3.07. The number of carbonyl (C=O) groups excluding carboxylic acids is 2. The van der Waals surface area contributed by atoms with Gasteiger partial charge in [0.25, 0.3) is 0 Å². The minimum atomic E-state index is -0.326. The third kappa shape index (κ3) is 2.88. The van der Waals surface area contributed by atoms with Gasteiger partial charge in [-0.3, -0.25) is 14.9 Å². The Kier molecular flexibility index (Phi) is 4.11. The molecule has 3 atom stereocenters. The van der Waals surface area contributed by atoms with Crippen LogP contribution in [0.4, 0.5) is 0 Å². The summed E-state index contributed by atoms with van der Waals surface area (Å²) in [6, 6.07) is 7.45. The molecule has 3 rings (SSSR count). The summed E-state index contributed by atoms with van der Waals surface area (Å²) in [7, 11) is 0. The summed E-state index contributed by atoms with van der Waals surface area (Å²) < 4.78 is 0. The van der Waals surface area contributed by atoms with Crippen molar-refractivity contribution in [2.75, 3.05) is 0 Å². The quantitative estimate of drug-likeness (QED) is 0.672. The molecule has 0 saturated carbocycles. The normalized spacial score (nSPS) is 29.3. The number of rotatable bonds is 2. The summed E-state index contributed by atoms with van der Waals surface area (Å²) in [6.07, 6.45) is 7.72. The zero-order chi connectivity index (χ0) is 14.8. The summed E-state index contributed by atoms with van der Waals surface area (Å²) in [5.41, 5.74) is 0.837. The second-order valence-corrected chi connectivity index (χ2v) is 6.23. The smallest absolute Gasteiger partial charge is 0.234 e. The average Bonchev–Trinajstić information content (AvgIpc) is 2.49. The molecule has 1 aromatic carbocycles. The van der Waals surface area contributed by atoms with Crippen molar-refractivity contribution in [1.29, 1.82) is 0 Å². The van der Waals surface area contributed by atoms with Crippen molar-refractivity contribution in [1.82, 2.24) is 5.32 Å². The van der Waals surface area contributed by atoms with Crippen LogP contribution in [0.5, 0.6) is 0 Å². The van der Waals surface area contributed by atoms with E-state index in [-0.39, 0.29) is 23.7 Å². The molecule has 1 aliphatic carbocycles. The monoisotopic (exact) mass is 303 g/mol. The number of imide groups is 1. The minimum absolute atomic E-state index is 0.0381. The Morgan fingerprint density at radius 3 is 2.67 bits per heavy atom. The molecule has 1 heterocycles. The zero-order valence-electron chi connectivity index (χ0n) is 11.7. The first-order valence-corrected chi connectivity index (χ1v) is 7.77. The predicted molar refractivity (Wildman–Crippen MR) is 81.9 cm³/mol. The molecule has 2 aliphatic rings. The zero-order valence-corrected chi connectivity index (χ0v) is 12.5. The van der Waals surface area contributed by atoms with Crippen LogP contribution in [0, 0.1) is 11.8 Å². The SMILES string of the molecule is O=C1CC(C2CC=CCC2)C(c2ccccc2Cl)C(=O)N1. The van der Waals surface area contributed by atoms with Crippen LogP contribution in [-0.2, 0) is 9.59 Å². The number of piperidine rings is 1. The van der Waals surface area contributed by atoms with E-state index < -0.39 is 0 Å². The molecule has 1 aliphatic heterocycles. The van der Waals surface area contributed by atoms with E-state index >= 15 is 0 Å². The maximum atomic E-state index is 12.4. The second-order valence-electron chi connectivity index (χ2n) is 5.82.